The van der Waals surface area contributed by atoms with Gasteiger partial charge in [0.1, 0.15) is 0 Å². The van der Waals surface area contributed by atoms with Gasteiger partial charge in [0.05, 0.1) is 11.3 Å². The van der Waals surface area contributed by atoms with E-state index in [-0.39, 0.29) is 5.75 Å². The molecule has 0 saturated carbocycles. The molecule has 0 fully saturated rings. The van der Waals surface area contributed by atoms with Crippen molar-refractivity contribution in [2.24, 2.45) is 0 Å². The van der Waals surface area contributed by atoms with Crippen LogP contribution in [0.2, 0.25) is 0 Å². The Bertz CT molecular complexity index is 606. The molecule has 0 radical (unpaired) electrons. The molecule has 0 spiro atoms. The van der Waals surface area contributed by atoms with Gasteiger partial charge in [-0.1, -0.05) is 18.2 Å². The Kier molecular flexibility index (Phi) is 2.79. The zero-order valence-corrected chi connectivity index (χ0v) is 10.7. The first-order chi connectivity index (χ1) is 6.97. The minimum absolute atomic E-state index is 0.168. The molecule has 6 heteroatoms. The summed E-state index contributed by atoms with van der Waals surface area (Å²) in [6.07, 6.45) is 1.77. The molecule has 3 nitrogen and oxygen atoms in total. The van der Waals surface area contributed by atoms with Crippen LogP contribution in [0.25, 0.3) is 10.9 Å². The number of nitrogens with one attached hydrogen (secondary N) is 1. The van der Waals surface area contributed by atoms with Crippen LogP contribution in [0.1, 0.15) is 5.56 Å². The van der Waals surface area contributed by atoms with E-state index >= 15 is 0 Å². The zero-order chi connectivity index (χ0) is 11.1. The van der Waals surface area contributed by atoms with E-state index in [9.17, 15) is 8.42 Å². The second kappa shape index (κ2) is 3.81. The molecule has 2 rings (SSSR count). The van der Waals surface area contributed by atoms with Crippen LogP contribution in [0, 0.1) is 0 Å². The maximum Gasteiger partial charge on any atom is 0.236 e. The molecule has 1 aromatic carbocycles. The highest BCUT2D eigenvalue weighted by Crippen LogP contribution is 2.27. The summed E-state index contributed by atoms with van der Waals surface area (Å²) in [6, 6.07) is 5.45. The summed E-state index contributed by atoms with van der Waals surface area (Å²) in [7, 11) is 1.70. The Morgan fingerprint density at radius 2 is 2.13 bits per heavy atom. The van der Waals surface area contributed by atoms with E-state index in [2.05, 4.69) is 20.9 Å². The Hall–Kier alpha value is -0.520. The van der Waals surface area contributed by atoms with Crippen LogP contribution < -0.4 is 0 Å². The van der Waals surface area contributed by atoms with Gasteiger partial charge >= 0.3 is 0 Å². The van der Waals surface area contributed by atoms with Crippen LogP contribution in [0.15, 0.2) is 28.9 Å². The van der Waals surface area contributed by atoms with Gasteiger partial charge < -0.3 is 4.98 Å². The molecule has 2 aromatic rings. The lowest BCUT2D eigenvalue weighted by Gasteiger charge is -2.00. The average Bonchev–Trinajstić information content (AvgIpc) is 2.47. The Balaban J connectivity index is 2.62. The number of rotatable bonds is 2. The standard InChI is InChI=1S/C9H7BrClNO2S/c10-8-4-12-9-6(5-15(11,13)14)2-1-3-7(8)9/h1-4,12H,5H2. The van der Waals surface area contributed by atoms with Gasteiger partial charge in [0.25, 0.3) is 0 Å². The number of hydrogen-bond donors (Lipinski definition) is 1. The lowest BCUT2D eigenvalue weighted by molar-refractivity contribution is 0.609. The smallest absolute Gasteiger partial charge is 0.236 e. The molecule has 0 aliphatic heterocycles. The summed E-state index contributed by atoms with van der Waals surface area (Å²) in [6.45, 7) is 0. The first-order valence-corrected chi connectivity index (χ1v) is 7.41. The van der Waals surface area contributed by atoms with Crippen molar-refractivity contribution in [2.45, 2.75) is 5.75 Å². The van der Waals surface area contributed by atoms with Crippen LogP contribution in [0.3, 0.4) is 0 Å². The van der Waals surface area contributed by atoms with Gasteiger partial charge in [0.2, 0.25) is 9.05 Å². The van der Waals surface area contributed by atoms with Crippen molar-refractivity contribution in [1.29, 1.82) is 0 Å². The van der Waals surface area contributed by atoms with Crippen molar-refractivity contribution in [3.05, 3.63) is 34.4 Å². The van der Waals surface area contributed by atoms with Crippen LogP contribution in [0.4, 0.5) is 0 Å². The maximum absolute atomic E-state index is 11.0. The lowest BCUT2D eigenvalue weighted by atomic mass is 10.2. The van der Waals surface area contributed by atoms with E-state index in [1.165, 1.54) is 0 Å². The van der Waals surface area contributed by atoms with E-state index in [4.69, 9.17) is 10.7 Å². The number of fused-ring (bicyclic) bond motifs is 1. The van der Waals surface area contributed by atoms with Crippen molar-refractivity contribution in [3.63, 3.8) is 0 Å². The van der Waals surface area contributed by atoms with Crippen LogP contribution in [-0.4, -0.2) is 13.4 Å². The summed E-state index contributed by atoms with van der Waals surface area (Å²) < 4.78 is 22.9. The number of H-pyrrole nitrogens is 1. The molecule has 0 saturated heterocycles. The molecule has 15 heavy (non-hydrogen) atoms. The van der Waals surface area contributed by atoms with E-state index in [1.54, 1.807) is 18.3 Å². The highest BCUT2D eigenvalue weighted by Gasteiger charge is 2.11. The van der Waals surface area contributed by atoms with Gasteiger partial charge in [-0.3, -0.25) is 0 Å². The SMILES string of the molecule is O=S(=O)(Cl)Cc1cccc2c(Br)c[nH]c12. The lowest BCUT2D eigenvalue weighted by Crippen LogP contribution is -1.95. The van der Waals surface area contributed by atoms with Crippen molar-refractivity contribution >= 4 is 46.6 Å². The van der Waals surface area contributed by atoms with E-state index in [1.807, 2.05) is 6.07 Å². The molecule has 0 aliphatic rings. The molecular formula is C9H7BrClNO2S. The molecule has 1 N–H and O–H groups in total. The summed E-state index contributed by atoms with van der Waals surface area (Å²) in [5, 5.41) is 0.952. The Morgan fingerprint density at radius 3 is 2.80 bits per heavy atom. The third kappa shape index (κ3) is 2.35. The highest BCUT2D eigenvalue weighted by molar-refractivity contribution is 9.10. The van der Waals surface area contributed by atoms with Crippen LogP contribution >= 0.6 is 26.6 Å². The fourth-order valence-electron chi connectivity index (χ4n) is 1.49. The first kappa shape index (κ1) is 11.0. The van der Waals surface area contributed by atoms with Crippen LogP contribution in [0.5, 0.6) is 0 Å². The van der Waals surface area contributed by atoms with E-state index in [0.717, 1.165) is 15.4 Å². The van der Waals surface area contributed by atoms with Crippen molar-refractivity contribution < 1.29 is 8.42 Å². The molecule has 1 heterocycles. The van der Waals surface area contributed by atoms with Gasteiger partial charge in [0, 0.05) is 26.7 Å². The fraction of sp³-hybridized carbons (Fsp3) is 0.111. The number of hydrogen-bond acceptors (Lipinski definition) is 2. The largest absolute Gasteiger partial charge is 0.360 e. The molecule has 0 amide bonds. The summed E-state index contributed by atoms with van der Waals surface area (Å²) >= 11 is 3.37. The monoisotopic (exact) mass is 307 g/mol. The Morgan fingerprint density at radius 1 is 1.40 bits per heavy atom. The fourth-order valence-corrected chi connectivity index (χ4v) is 2.90. The van der Waals surface area contributed by atoms with Crippen molar-refractivity contribution in [1.82, 2.24) is 4.98 Å². The average molecular weight is 309 g/mol. The second-order valence-electron chi connectivity index (χ2n) is 3.16. The molecule has 1 aromatic heterocycles. The molecular weight excluding hydrogens is 302 g/mol. The minimum Gasteiger partial charge on any atom is -0.360 e. The van der Waals surface area contributed by atoms with Crippen molar-refractivity contribution in [2.75, 3.05) is 0 Å². The predicted octanol–water partition coefficient (Wildman–Crippen LogP) is 3.00. The van der Waals surface area contributed by atoms with Gasteiger partial charge in [-0.05, 0) is 21.5 Å². The molecule has 0 atom stereocenters. The van der Waals surface area contributed by atoms with Crippen molar-refractivity contribution in [3.8, 4) is 0 Å². The van der Waals surface area contributed by atoms with E-state index in [0.29, 0.717) is 5.56 Å². The normalized spacial score (nSPS) is 12.1. The summed E-state index contributed by atoms with van der Waals surface area (Å²) in [5.74, 6) is -0.168. The number of aromatic amines is 1. The highest BCUT2D eigenvalue weighted by atomic mass is 79.9. The topological polar surface area (TPSA) is 49.9 Å². The van der Waals surface area contributed by atoms with E-state index < -0.39 is 9.05 Å². The first-order valence-electron chi connectivity index (χ1n) is 4.14. The summed E-state index contributed by atoms with van der Waals surface area (Å²) in [4.78, 5) is 3.01. The van der Waals surface area contributed by atoms with Gasteiger partial charge in [-0.15, -0.1) is 0 Å². The Labute approximate surface area is 100.0 Å². The number of para-hydroxylation sites is 1. The predicted molar refractivity (Wildman–Crippen MR) is 64.5 cm³/mol. The van der Waals surface area contributed by atoms with Gasteiger partial charge in [-0.25, -0.2) is 8.42 Å². The summed E-state index contributed by atoms with van der Waals surface area (Å²) in [5.41, 5.74) is 1.47. The van der Waals surface area contributed by atoms with Gasteiger partial charge in [-0.2, -0.15) is 0 Å². The number of aromatic nitrogens is 1. The van der Waals surface area contributed by atoms with Gasteiger partial charge in [0.15, 0.2) is 0 Å². The molecule has 0 bridgehead atoms. The third-order valence-corrected chi connectivity index (χ3v) is 3.72. The zero-order valence-electron chi connectivity index (χ0n) is 7.50. The minimum atomic E-state index is -3.52. The maximum atomic E-state index is 11.0. The molecule has 0 unspecified atom stereocenters. The van der Waals surface area contributed by atoms with Crippen LogP contribution in [-0.2, 0) is 14.8 Å². The second-order valence-corrected chi connectivity index (χ2v) is 6.79. The third-order valence-electron chi connectivity index (χ3n) is 2.08. The molecule has 0 aliphatic carbocycles. The molecule has 80 valence electrons. The quantitative estimate of drug-likeness (QED) is 0.867. The number of halogens is 2. The number of benzene rings is 1.